The average Bonchev–Trinajstić information content (AvgIpc) is 2.61. The monoisotopic (exact) mass is 490 g/mol. The van der Waals surface area contributed by atoms with Crippen LogP contribution in [0.25, 0.3) is 0 Å². The molecule has 3 aromatic carbocycles. The highest BCUT2D eigenvalue weighted by atomic mass is 79.9. The van der Waals surface area contributed by atoms with Crippen molar-refractivity contribution in [3.05, 3.63) is 85.8 Å². The number of aromatic hydroxyl groups is 3. The molecule has 0 radical (unpaired) electrons. The van der Waals surface area contributed by atoms with E-state index in [4.69, 9.17) is 0 Å². The van der Waals surface area contributed by atoms with Crippen molar-refractivity contribution in [3.63, 3.8) is 0 Å². The predicted octanol–water partition coefficient (Wildman–Crippen LogP) is 4.79. The lowest BCUT2D eigenvalue weighted by molar-refractivity contribution is 0.103. The van der Waals surface area contributed by atoms with Crippen molar-refractivity contribution in [1.29, 1.82) is 0 Å². The van der Waals surface area contributed by atoms with E-state index in [0.29, 0.717) is 8.95 Å². The van der Waals surface area contributed by atoms with Gasteiger partial charge in [0.2, 0.25) is 11.6 Å². The van der Waals surface area contributed by atoms with Crippen molar-refractivity contribution in [1.82, 2.24) is 0 Å². The van der Waals surface area contributed by atoms with E-state index in [-0.39, 0.29) is 11.1 Å². The summed E-state index contributed by atoms with van der Waals surface area (Å²) < 4.78 is 0.918. The van der Waals surface area contributed by atoms with Crippen LogP contribution in [0.3, 0.4) is 0 Å². The van der Waals surface area contributed by atoms with Gasteiger partial charge in [-0.15, -0.1) is 0 Å². The number of phenolic OH excluding ortho intramolecular Hbond substituents is 3. The molecule has 0 unspecified atom stereocenters. The van der Waals surface area contributed by atoms with E-state index in [1.165, 1.54) is 12.1 Å². The first kappa shape index (κ1) is 19.1. The average molecular weight is 492 g/mol. The number of hydrogen-bond donors (Lipinski definition) is 3. The number of halogens is 2. The van der Waals surface area contributed by atoms with E-state index in [2.05, 4.69) is 31.9 Å². The third-order valence-electron chi connectivity index (χ3n) is 3.95. The molecule has 0 heterocycles. The van der Waals surface area contributed by atoms with Crippen LogP contribution >= 0.6 is 31.9 Å². The molecule has 3 N–H and O–H groups in total. The van der Waals surface area contributed by atoms with Crippen molar-refractivity contribution in [3.8, 4) is 17.2 Å². The van der Waals surface area contributed by atoms with Crippen molar-refractivity contribution in [2.75, 3.05) is 0 Å². The Bertz CT molecular complexity index is 994. The number of carbonyl (C=O) groups excluding carboxylic acids is 2. The van der Waals surface area contributed by atoms with Crippen molar-refractivity contribution in [2.45, 2.75) is 0 Å². The minimum Gasteiger partial charge on any atom is -0.507 e. The highest BCUT2D eigenvalue weighted by Crippen LogP contribution is 2.41. The topological polar surface area (TPSA) is 94.8 Å². The molecule has 0 fully saturated rings. The van der Waals surface area contributed by atoms with Gasteiger partial charge in [0.05, 0.1) is 0 Å². The first-order valence-electron chi connectivity index (χ1n) is 7.69. The summed E-state index contributed by atoms with van der Waals surface area (Å²) in [5.74, 6) is -3.44. The van der Waals surface area contributed by atoms with Gasteiger partial charge in [0.25, 0.3) is 0 Å². The van der Waals surface area contributed by atoms with E-state index in [0.717, 1.165) is 6.07 Å². The maximum Gasteiger partial charge on any atom is 0.201 e. The first-order valence-corrected chi connectivity index (χ1v) is 9.28. The van der Waals surface area contributed by atoms with Crippen LogP contribution < -0.4 is 0 Å². The molecule has 0 aliphatic heterocycles. The fourth-order valence-electron chi connectivity index (χ4n) is 2.65. The van der Waals surface area contributed by atoms with Gasteiger partial charge in [-0.1, -0.05) is 56.1 Å². The van der Waals surface area contributed by atoms with Gasteiger partial charge in [0, 0.05) is 26.1 Å². The SMILES string of the molecule is O=C(c1ccccc1Br)c1c(O)cc(O)c(C(=O)c2ccccc2Br)c1O. The third kappa shape index (κ3) is 3.48. The molecular formula is C20H12Br2O5. The Labute approximate surface area is 171 Å². The van der Waals surface area contributed by atoms with Crippen LogP contribution in [0.1, 0.15) is 31.8 Å². The molecule has 5 nitrogen and oxygen atoms in total. The highest BCUT2D eigenvalue weighted by molar-refractivity contribution is 9.10. The summed E-state index contributed by atoms with van der Waals surface area (Å²) in [6, 6.07) is 13.8. The second kappa shape index (κ2) is 7.54. The molecule has 0 saturated carbocycles. The van der Waals surface area contributed by atoms with E-state index in [9.17, 15) is 24.9 Å². The first-order chi connectivity index (χ1) is 12.8. The van der Waals surface area contributed by atoms with Crippen LogP contribution in [-0.2, 0) is 0 Å². The number of hydrogen-bond acceptors (Lipinski definition) is 5. The van der Waals surface area contributed by atoms with Crippen molar-refractivity contribution < 1.29 is 24.9 Å². The van der Waals surface area contributed by atoms with E-state index in [1.54, 1.807) is 36.4 Å². The predicted molar refractivity (Wildman–Crippen MR) is 107 cm³/mol. The summed E-state index contributed by atoms with van der Waals surface area (Å²) in [6.45, 7) is 0. The summed E-state index contributed by atoms with van der Waals surface area (Å²) in [7, 11) is 0. The Morgan fingerprint density at radius 2 is 1.04 bits per heavy atom. The summed E-state index contributed by atoms with van der Waals surface area (Å²) in [5.41, 5.74) is -0.550. The van der Waals surface area contributed by atoms with Crippen molar-refractivity contribution in [2.24, 2.45) is 0 Å². The van der Waals surface area contributed by atoms with Crippen molar-refractivity contribution >= 4 is 43.4 Å². The summed E-state index contributed by atoms with van der Waals surface area (Å²) >= 11 is 6.49. The zero-order chi connectivity index (χ0) is 19.7. The highest BCUT2D eigenvalue weighted by Gasteiger charge is 2.29. The molecule has 0 bridgehead atoms. The Balaban J connectivity index is 2.20. The zero-order valence-electron chi connectivity index (χ0n) is 13.6. The molecule has 136 valence electrons. The van der Waals surface area contributed by atoms with Crippen LogP contribution in [0.5, 0.6) is 17.2 Å². The molecule has 0 aromatic heterocycles. The summed E-state index contributed by atoms with van der Waals surface area (Å²) in [4.78, 5) is 25.7. The number of rotatable bonds is 4. The minimum absolute atomic E-state index is 0.188. The van der Waals surface area contributed by atoms with Crippen LogP contribution in [0, 0.1) is 0 Å². The number of carbonyl (C=O) groups is 2. The maximum atomic E-state index is 12.8. The molecule has 27 heavy (non-hydrogen) atoms. The standard InChI is InChI=1S/C20H12Br2O5/c21-12-7-3-1-5-10(12)18(25)16-14(23)9-15(24)17(20(16)27)19(26)11-6-2-4-8-13(11)22/h1-9,23-24,27H. The quantitative estimate of drug-likeness (QED) is 0.456. The Morgan fingerprint density at radius 1 is 0.667 bits per heavy atom. The molecule has 0 saturated heterocycles. The molecule has 0 aliphatic rings. The summed E-state index contributed by atoms with van der Waals surface area (Å²) in [5, 5.41) is 30.9. The summed E-state index contributed by atoms with van der Waals surface area (Å²) in [6.07, 6.45) is 0. The van der Waals surface area contributed by atoms with Gasteiger partial charge < -0.3 is 15.3 Å². The third-order valence-corrected chi connectivity index (χ3v) is 5.33. The Hall–Kier alpha value is -2.64. The van der Waals surface area contributed by atoms with Crippen LogP contribution in [0.4, 0.5) is 0 Å². The van der Waals surface area contributed by atoms with Gasteiger partial charge in [0.1, 0.15) is 28.4 Å². The zero-order valence-corrected chi connectivity index (χ0v) is 16.8. The second-order valence-corrected chi connectivity index (χ2v) is 7.34. The molecule has 0 atom stereocenters. The fraction of sp³-hybridized carbons (Fsp3) is 0. The van der Waals surface area contributed by atoms with Gasteiger partial charge in [-0.2, -0.15) is 0 Å². The van der Waals surface area contributed by atoms with Gasteiger partial charge in [-0.05, 0) is 24.3 Å². The molecular weight excluding hydrogens is 480 g/mol. The van der Waals surface area contributed by atoms with Gasteiger partial charge in [0.15, 0.2) is 0 Å². The minimum atomic E-state index is -0.783. The van der Waals surface area contributed by atoms with Crippen LogP contribution in [-0.4, -0.2) is 26.9 Å². The van der Waals surface area contributed by atoms with Crippen LogP contribution in [0.15, 0.2) is 63.5 Å². The normalized spacial score (nSPS) is 10.6. The molecule has 3 aromatic rings. The van der Waals surface area contributed by atoms with E-state index < -0.39 is 39.9 Å². The fourth-order valence-corrected chi connectivity index (χ4v) is 3.58. The lowest BCUT2D eigenvalue weighted by Crippen LogP contribution is -2.09. The smallest absolute Gasteiger partial charge is 0.201 e. The van der Waals surface area contributed by atoms with Gasteiger partial charge >= 0.3 is 0 Å². The largest absolute Gasteiger partial charge is 0.507 e. The lowest BCUT2D eigenvalue weighted by Gasteiger charge is -2.13. The van der Waals surface area contributed by atoms with Gasteiger partial charge in [-0.25, -0.2) is 0 Å². The molecule has 3 rings (SSSR count). The Morgan fingerprint density at radius 3 is 1.41 bits per heavy atom. The molecule has 0 spiro atoms. The molecule has 7 heteroatoms. The number of benzene rings is 3. The van der Waals surface area contributed by atoms with E-state index in [1.807, 2.05) is 0 Å². The van der Waals surface area contributed by atoms with Gasteiger partial charge in [-0.3, -0.25) is 9.59 Å². The lowest BCUT2D eigenvalue weighted by atomic mass is 9.94. The van der Waals surface area contributed by atoms with E-state index >= 15 is 0 Å². The molecule has 0 aliphatic carbocycles. The number of phenols is 3. The van der Waals surface area contributed by atoms with Crippen LogP contribution in [0.2, 0.25) is 0 Å². The molecule has 0 amide bonds. The Kier molecular flexibility index (Phi) is 5.34. The second-order valence-electron chi connectivity index (χ2n) is 5.63. The maximum absolute atomic E-state index is 12.8. The number of ketones is 2.